The van der Waals surface area contributed by atoms with Gasteiger partial charge in [-0.25, -0.2) is 4.79 Å². The number of esters is 1. The van der Waals surface area contributed by atoms with Gasteiger partial charge in [-0.15, -0.1) is 0 Å². The van der Waals surface area contributed by atoms with E-state index in [4.69, 9.17) is 14.5 Å². The SMILES string of the molecule is COc1ccc(C)cc1NC(=O)[C@@H](OC(=O)c1c2c(nc3ccccc13)CCCC2)c1ccccc1. The summed E-state index contributed by atoms with van der Waals surface area (Å²) in [6.45, 7) is 1.93. The first-order valence-corrected chi connectivity index (χ1v) is 12.2. The van der Waals surface area contributed by atoms with Crippen LogP contribution < -0.4 is 10.1 Å². The summed E-state index contributed by atoms with van der Waals surface area (Å²) in [6, 6.07) is 22.2. The Labute approximate surface area is 210 Å². The summed E-state index contributed by atoms with van der Waals surface area (Å²) < 4.78 is 11.4. The van der Waals surface area contributed by atoms with Crippen molar-refractivity contribution in [2.75, 3.05) is 12.4 Å². The minimum absolute atomic E-state index is 0.453. The normalized spacial score (nSPS) is 13.5. The van der Waals surface area contributed by atoms with E-state index in [1.807, 2.05) is 61.5 Å². The second-order valence-electron chi connectivity index (χ2n) is 9.03. The van der Waals surface area contributed by atoms with Gasteiger partial charge in [-0.1, -0.05) is 54.6 Å². The lowest BCUT2D eigenvalue weighted by Crippen LogP contribution is -2.27. The molecule has 6 nitrogen and oxygen atoms in total. The fourth-order valence-electron chi connectivity index (χ4n) is 4.79. The Morgan fingerprint density at radius 3 is 2.50 bits per heavy atom. The quantitative estimate of drug-likeness (QED) is 0.344. The number of benzene rings is 3. The summed E-state index contributed by atoms with van der Waals surface area (Å²) in [5, 5.41) is 3.65. The number of pyridine rings is 1. The molecule has 182 valence electrons. The van der Waals surface area contributed by atoms with Crippen LogP contribution in [-0.2, 0) is 22.4 Å². The molecule has 1 aromatic heterocycles. The van der Waals surface area contributed by atoms with E-state index in [9.17, 15) is 9.59 Å². The Balaban J connectivity index is 1.53. The van der Waals surface area contributed by atoms with Crippen molar-refractivity contribution < 1.29 is 19.1 Å². The molecule has 1 heterocycles. The molecule has 0 unspecified atom stereocenters. The van der Waals surface area contributed by atoms with Crippen LogP contribution in [0.15, 0.2) is 72.8 Å². The van der Waals surface area contributed by atoms with Gasteiger partial charge in [-0.3, -0.25) is 9.78 Å². The van der Waals surface area contributed by atoms with Crippen molar-refractivity contribution in [1.29, 1.82) is 0 Å². The first-order valence-electron chi connectivity index (χ1n) is 12.2. The van der Waals surface area contributed by atoms with Crippen LogP contribution in [0, 0.1) is 6.92 Å². The smallest absolute Gasteiger partial charge is 0.340 e. The van der Waals surface area contributed by atoms with Crippen LogP contribution in [0.4, 0.5) is 5.69 Å². The van der Waals surface area contributed by atoms with Gasteiger partial charge in [0.2, 0.25) is 6.10 Å². The summed E-state index contributed by atoms with van der Waals surface area (Å²) in [5.41, 5.74) is 5.21. The summed E-state index contributed by atoms with van der Waals surface area (Å²) in [7, 11) is 1.55. The molecule has 1 aliphatic carbocycles. The molecule has 36 heavy (non-hydrogen) atoms. The molecule has 0 bridgehead atoms. The maximum absolute atomic E-state index is 13.8. The molecular formula is C30H28N2O4. The third-order valence-electron chi connectivity index (χ3n) is 6.55. The zero-order valence-corrected chi connectivity index (χ0v) is 20.4. The number of rotatable bonds is 6. The van der Waals surface area contributed by atoms with Gasteiger partial charge in [-0.2, -0.15) is 0 Å². The van der Waals surface area contributed by atoms with Gasteiger partial charge in [0.1, 0.15) is 5.75 Å². The van der Waals surface area contributed by atoms with Crippen molar-refractivity contribution in [2.45, 2.75) is 38.7 Å². The Hall–Kier alpha value is -4.19. The molecule has 1 N–H and O–H groups in total. The molecule has 1 amide bonds. The average Bonchev–Trinajstić information content (AvgIpc) is 2.90. The second-order valence-corrected chi connectivity index (χ2v) is 9.03. The predicted molar refractivity (Wildman–Crippen MR) is 139 cm³/mol. The third-order valence-corrected chi connectivity index (χ3v) is 6.55. The molecule has 6 heteroatoms. The molecule has 1 aliphatic rings. The third kappa shape index (κ3) is 4.67. The highest BCUT2D eigenvalue weighted by Gasteiger charge is 2.30. The number of amides is 1. The lowest BCUT2D eigenvalue weighted by molar-refractivity contribution is -0.125. The van der Waals surface area contributed by atoms with Crippen LogP contribution in [-0.4, -0.2) is 24.0 Å². The van der Waals surface area contributed by atoms with Crippen LogP contribution >= 0.6 is 0 Å². The van der Waals surface area contributed by atoms with Crippen LogP contribution in [0.2, 0.25) is 0 Å². The van der Waals surface area contributed by atoms with E-state index >= 15 is 0 Å². The Morgan fingerprint density at radius 2 is 1.69 bits per heavy atom. The maximum atomic E-state index is 13.8. The first-order chi connectivity index (χ1) is 17.5. The number of hydrogen-bond donors (Lipinski definition) is 1. The number of para-hydroxylation sites is 1. The number of carbonyl (C=O) groups excluding carboxylic acids is 2. The molecule has 1 atom stereocenters. The number of aromatic nitrogens is 1. The standard InChI is InChI=1S/C30H28N2O4/c1-19-16-17-26(35-2)25(18-19)32-29(33)28(20-10-4-3-5-11-20)36-30(34)27-21-12-6-8-14-23(21)31-24-15-9-7-13-22(24)27/h3-6,8,10-12,14,16-18,28H,7,9,13,15H2,1-2H3,(H,32,33)/t28-/m0/s1. The Morgan fingerprint density at radius 1 is 0.944 bits per heavy atom. The highest BCUT2D eigenvalue weighted by Crippen LogP contribution is 2.32. The van der Waals surface area contributed by atoms with Crippen molar-refractivity contribution in [1.82, 2.24) is 4.98 Å². The molecule has 0 fully saturated rings. The number of fused-ring (bicyclic) bond motifs is 2. The number of hydrogen-bond acceptors (Lipinski definition) is 5. The number of aryl methyl sites for hydroxylation is 2. The van der Waals surface area contributed by atoms with Crippen molar-refractivity contribution in [3.05, 3.63) is 101 Å². The van der Waals surface area contributed by atoms with Gasteiger partial charge in [0.25, 0.3) is 5.91 Å². The highest BCUT2D eigenvalue weighted by atomic mass is 16.5. The summed E-state index contributed by atoms with van der Waals surface area (Å²) in [5.74, 6) is -0.445. The van der Waals surface area contributed by atoms with Gasteiger partial charge < -0.3 is 14.8 Å². The second kappa shape index (κ2) is 10.2. The largest absolute Gasteiger partial charge is 0.495 e. The summed E-state index contributed by atoms with van der Waals surface area (Å²) in [6.07, 6.45) is 2.48. The van der Waals surface area contributed by atoms with Gasteiger partial charge in [0, 0.05) is 16.6 Å². The number of nitrogens with zero attached hydrogens (tertiary/aromatic N) is 1. The minimum atomic E-state index is -1.14. The molecular weight excluding hydrogens is 452 g/mol. The van der Waals surface area contributed by atoms with Gasteiger partial charge >= 0.3 is 5.97 Å². The zero-order valence-electron chi connectivity index (χ0n) is 20.4. The highest BCUT2D eigenvalue weighted by molar-refractivity contribution is 6.06. The van der Waals surface area contributed by atoms with E-state index in [-0.39, 0.29) is 0 Å². The van der Waals surface area contributed by atoms with E-state index in [2.05, 4.69) is 5.32 Å². The van der Waals surface area contributed by atoms with E-state index in [1.54, 1.807) is 25.3 Å². The number of methoxy groups -OCH3 is 1. The van der Waals surface area contributed by atoms with Gasteiger partial charge in [0.15, 0.2) is 0 Å². The maximum Gasteiger partial charge on any atom is 0.340 e. The van der Waals surface area contributed by atoms with E-state index in [0.717, 1.165) is 53.4 Å². The minimum Gasteiger partial charge on any atom is -0.495 e. The summed E-state index contributed by atoms with van der Waals surface area (Å²) in [4.78, 5) is 32.2. The topological polar surface area (TPSA) is 77.5 Å². The fraction of sp³-hybridized carbons (Fsp3) is 0.233. The number of nitrogens with one attached hydrogen (secondary N) is 1. The van der Waals surface area contributed by atoms with Crippen molar-refractivity contribution in [2.24, 2.45) is 0 Å². The van der Waals surface area contributed by atoms with Crippen molar-refractivity contribution >= 4 is 28.5 Å². The van der Waals surface area contributed by atoms with Crippen molar-refractivity contribution in [3.63, 3.8) is 0 Å². The van der Waals surface area contributed by atoms with Crippen LogP contribution in [0.5, 0.6) is 5.75 Å². The van der Waals surface area contributed by atoms with E-state index in [1.165, 1.54) is 0 Å². The molecule has 4 aromatic rings. The molecule has 0 spiro atoms. The van der Waals surface area contributed by atoms with Crippen LogP contribution in [0.1, 0.15) is 51.7 Å². The molecule has 0 saturated carbocycles. The Kier molecular flexibility index (Phi) is 6.67. The molecule has 0 radical (unpaired) electrons. The van der Waals surface area contributed by atoms with Crippen LogP contribution in [0.25, 0.3) is 10.9 Å². The average molecular weight is 481 g/mol. The molecule has 3 aromatic carbocycles. The monoisotopic (exact) mass is 480 g/mol. The zero-order chi connectivity index (χ0) is 25.1. The fourth-order valence-corrected chi connectivity index (χ4v) is 4.79. The lowest BCUT2D eigenvalue weighted by atomic mass is 9.90. The van der Waals surface area contributed by atoms with E-state index < -0.39 is 18.0 Å². The van der Waals surface area contributed by atoms with E-state index in [0.29, 0.717) is 22.6 Å². The molecule has 0 saturated heterocycles. The molecule has 5 rings (SSSR count). The van der Waals surface area contributed by atoms with Gasteiger partial charge in [-0.05, 0) is 61.9 Å². The van der Waals surface area contributed by atoms with Gasteiger partial charge in [0.05, 0.1) is 23.9 Å². The molecule has 0 aliphatic heterocycles. The lowest BCUT2D eigenvalue weighted by Gasteiger charge is -2.23. The van der Waals surface area contributed by atoms with Crippen molar-refractivity contribution in [3.8, 4) is 5.75 Å². The first kappa shape index (κ1) is 23.5. The predicted octanol–water partition coefficient (Wildman–Crippen LogP) is 5.97. The number of carbonyl (C=O) groups is 2. The number of ether oxygens (including phenoxy) is 2. The number of anilines is 1. The van der Waals surface area contributed by atoms with Crippen LogP contribution in [0.3, 0.4) is 0 Å². The Bertz CT molecular complexity index is 1430. The summed E-state index contributed by atoms with van der Waals surface area (Å²) >= 11 is 0.